The first kappa shape index (κ1) is 16.6. The van der Waals surface area contributed by atoms with Crippen molar-refractivity contribution in [2.24, 2.45) is 0 Å². The van der Waals surface area contributed by atoms with Crippen LogP contribution in [0, 0.1) is 0 Å². The quantitative estimate of drug-likeness (QED) is 0.822. The Hall–Kier alpha value is -2.76. The molecule has 0 heterocycles. The van der Waals surface area contributed by atoms with Crippen LogP contribution in [-0.4, -0.2) is 12.5 Å². The minimum atomic E-state index is -4.45. The van der Waals surface area contributed by atoms with Crippen molar-refractivity contribution in [2.75, 3.05) is 11.9 Å². The smallest absolute Gasteiger partial charge is 0.416 e. The Morgan fingerprint density at radius 3 is 2.48 bits per heavy atom. The summed E-state index contributed by atoms with van der Waals surface area (Å²) in [4.78, 5) is 12.1. The summed E-state index contributed by atoms with van der Waals surface area (Å²) in [7, 11) is 0. The van der Waals surface area contributed by atoms with E-state index in [1.54, 1.807) is 18.2 Å². The van der Waals surface area contributed by atoms with Gasteiger partial charge in [0.15, 0.2) is 0 Å². The molecule has 0 saturated carbocycles. The van der Waals surface area contributed by atoms with Gasteiger partial charge in [-0.3, -0.25) is 4.79 Å². The van der Waals surface area contributed by atoms with Crippen molar-refractivity contribution in [3.63, 3.8) is 0 Å². The summed E-state index contributed by atoms with van der Waals surface area (Å²) in [6.45, 7) is 3.87. The van der Waals surface area contributed by atoms with Gasteiger partial charge in [-0.1, -0.05) is 18.7 Å². The Labute approximate surface area is 131 Å². The number of hydrogen-bond acceptors (Lipinski definition) is 2. The fourth-order valence-electron chi connectivity index (χ4n) is 1.83. The van der Waals surface area contributed by atoms with Gasteiger partial charge in [0, 0.05) is 11.3 Å². The number of carbonyl (C=O) groups excluding carboxylic acids is 1. The maximum absolute atomic E-state index is 12.6. The molecule has 23 heavy (non-hydrogen) atoms. The highest BCUT2D eigenvalue weighted by Crippen LogP contribution is 2.30. The number of amides is 1. The Balaban J connectivity index is 2.08. The molecule has 0 atom stereocenters. The van der Waals surface area contributed by atoms with Gasteiger partial charge >= 0.3 is 6.18 Å². The Morgan fingerprint density at radius 1 is 1.17 bits per heavy atom. The molecule has 1 amide bonds. The summed E-state index contributed by atoms with van der Waals surface area (Å²) in [5.41, 5.74) is -0.423. The molecule has 0 unspecified atom stereocenters. The molecule has 0 aliphatic rings. The number of rotatable bonds is 5. The van der Waals surface area contributed by atoms with Gasteiger partial charge in [-0.2, -0.15) is 13.2 Å². The molecule has 0 saturated heterocycles. The molecule has 0 aliphatic heterocycles. The minimum Gasteiger partial charge on any atom is -0.490 e. The highest BCUT2D eigenvalue weighted by Gasteiger charge is 2.30. The monoisotopic (exact) mass is 321 g/mol. The summed E-state index contributed by atoms with van der Waals surface area (Å²) in [5, 5.41) is 2.44. The van der Waals surface area contributed by atoms with Gasteiger partial charge in [-0.05, 0) is 42.5 Å². The summed E-state index contributed by atoms with van der Waals surface area (Å²) in [6.07, 6.45) is -2.86. The standard InChI is InChI=1S/C17H14F3NO2/c1-2-10-23-15-8-6-12(7-9-15)16(22)21-14-5-3-4-13(11-14)17(18,19)20/h2-9,11H,1,10H2,(H,21,22). The minimum absolute atomic E-state index is 0.0804. The number of hydrogen-bond donors (Lipinski definition) is 1. The maximum Gasteiger partial charge on any atom is 0.416 e. The van der Waals surface area contributed by atoms with Gasteiger partial charge in [0.1, 0.15) is 12.4 Å². The number of halogens is 3. The van der Waals surface area contributed by atoms with Crippen LogP contribution in [-0.2, 0) is 6.18 Å². The summed E-state index contributed by atoms with van der Waals surface area (Å²) in [5.74, 6) is 0.0695. The van der Waals surface area contributed by atoms with Crippen LogP contribution in [0.3, 0.4) is 0 Å². The van der Waals surface area contributed by atoms with Crippen molar-refractivity contribution < 1.29 is 22.7 Å². The molecule has 1 N–H and O–H groups in total. The van der Waals surface area contributed by atoms with Crippen molar-refractivity contribution in [3.05, 3.63) is 72.3 Å². The average molecular weight is 321 g/mol. The lowest BCUT2D eigenvalue weighted by Gasteiger charge is -2.10. The van der Waals surface area contributed by atoms with Crippen LogP contribution in [0.2, 0.25) is 0 Å². The molecule has 0 fully saturated rings. The number of anilines is 1. The zero-order valence-electron chi connectivity index (χ0n) is 12.1. The van der Waals surface area contributed by atoms with Crippen molar-refractivity contribution in [1.29, 1.82) is 0 Å². The van der Waals surface area contributed by atoms with Crippen molar-refractivity contribution in [3.8, 4) is 5.75 Å². The number of carbonyl (C=O) groups is 1. The van der Waals surface area contributed by atoms with E-state index in [-0.39, 0.29) is 5.69 Å². The van der Waals surface area contributed by atoms with Crippen LogP contribution in [0.1, 0.15) is 15.9 Å². The van der Waals surface area contributed by atoms with Gasteiger partial charge < -0.3 is 10.1 Å². The lowest BCUT2D eigenvalue weighted by atomic mass is 10.1. The van der Waals surface area contributed by atoms with Gasteiger partial charge in [0.2, 0.25) is 0 Å². The molecule has 0 bridgehead atoms. The van der Waals surface area contributed by atoms with Crippen molar-refractivity contribution in [1.82, 2.24) is 0 Å². The second-order valence-electron chi connectivity index (χ2n) is 4.66. The predicted octanol–water partition coefficient (Wildman–Crippen LogP) is 4.52. The molecule has 2 rings (SSSR count). The lowest BCUT2D eigenvalue weighted by molar-refractivity contribution is -0.137. The number of ether oxygens (including phenoxy) is 1. The number of nitrogens with one attached hydrogen (secondary N) is 1. The highest BCUT2D eigenvalue weighted by molar-refractivity contribution is 6.04. The zero-order valence-corrected chi connectivity index (χ0v) is 12.1. The van der Waals surface area contributed by atoms with Crippen LogP contribution in [0.4, 0.5) is 18.9 Å². The fraction of sp³-hybridized carbons (Fsp3) is 0.118. The van der Waals surface area contributed by atoms with E-state index in [2.05, 4.69) is 11.9 Å². The van der Waals surface area contributed by atoms with Crippen LogP contribution in [0.5, 0.6) is 5.75 Å². The largest absolute Gasteiger partial charge is 0.490 e. The van der Waals surface area contributed by atoms with Gasteiger partial charge in [-0.25, -0.2) is 0 Å². The molecule has 6 heteroatoms. The number of benzene rings is 2. The third-order valence-electron chi connectivity index (χ3n) is 2.93. The first-order chi connectivity index (χ1) is 10.9. The molecule has 2 aromatic rings. The molecule has 0 aromatic heterocycles. The van der Waals surface area contributed by atoms with E-state index in [4.69, 9.17) is 4.74 Å². The molecule has 0 radical (unpaired) electrons. The zero-order chi connectivity index (χ0) is 16.9. The van der Waals surface area contributed by atoms with Crippen LogP contribution in [0.25, 0.3) is 0 Å². The molecular weight excluding hydrogens is 307 g/mol. The van der Waals surface area contributed by atoms with E-state index in [1.165, 1.54) is 24.3 Å². The molecule has 120 valence electrons. The predicted molar refractivity (Wildman–Crippen MR) is 81.5 cm³/mol. The lowest BCUT2D eigenvalue weighted by Crippen LogP contribution is -2.13. The number of alkyl halides is 3. The third-order valence-corrected chi connectivity index (χ3v) is 2.93. The topological polar surface area (TPSA) is 38.3 Å². The Morgan fingerprint density at radius 2 is 1.87 bits per heavy atom. The fourth-order valence-corrected chi connectivity index (χ4v) is 1.83. The van der Waals surface area contributed by atoms with E-state index in [0.717, 1.165) is 12.1 Å². The Bertz CT molecular complexity index is 694. The summed E-state index contributed by atoms with van der Waals surface area (Å²) >= 11 is 0. The highest BCUT2D eigenvalue weighted by atomic mass is 19.4. The second-order valence-corrected chi connectivity index (χ2v) is 4.66. The summed E-state index contributed by atoms with van der Waals surface area (Å²) < 4.78 is 43.2. The van der Waals surface area contributed by atoms with Crippen LogP contribution < -0.4 is 10.1 Å². The van der Waals surface area contributed by atoms with Crippen LogP contribution >= 0.6 is 0 Å². The molecule has 0 aliphatic carbocycles. The second kappa shape index (κ2) is 7.00. The third kappa shape index (κ3) is 4.60. The van der Waals surface area contributed by atoms with Crippen molar-refractivity contribution >= 4 is 11.6 Å². The van der Waals surface area contributed by atoms with E-state index < -0.39 is 17.6 Å². The normalized spacial score (nSPS) is 10.9. The first-order valence-corrected chi connectivity index (χ1v) is 6.72. The van der Waals surface area contributed by atoms with E-state index in [1.807, 2.05) is 0 Å². The molecule has 3 nitrogen and oxygen atoms in total. The van der Waals surface area contributed by atoms with Crippen molar-refractivity contribution in [2.45, 2.75) is 6.18 Å². The molecular formula is C17H14F3NO2. The van der Waals surface area contributed by atoms with E-state index >= 15 is 0 Å². The van der Waals surface area contributed by atoms with Gasteiger partial charge in [0.25, 0.3) is 5.91 Å². The molecule has 2 aromatic carbocycles. The molecule has 0 spiro atoms. The SMILES string of the molecule is C=CCOc1ccc(C(=O)Nc2cccc(C(F)(F)F)c2)cc1. The van der Waals surface area contributed by atoms with Gasteiger partial charge in [-0.15, -0.1) is 0 Å². The van der Waals surface area contributed by atoms with E-state index in [9.17, 15) is 18.0 Å². The van der Waals surface area contributed by atoms with Crippen LogP contribution in [0.15, 0.2) is 61.2 Å². The average Bonchev–Trinajstić information content (AvgIpc) is 2.53. The van der Waals surface area contributed by atoms with E-state index in [0.29, 0.717) is 17.9 Å². The van der Waals surface area contributed by atoms with Gasteiger partial charge in [0.05, 0.1) is 5.56 Å². The first-order valence-electron chi connectivity index (χ1n) is 6.72. The maximum atomic E-state index is 12.6. The Kier molecular flexibility index (Phi) is 5.05. The summed E-state index contributed by atoms with van der Waals surface area (Å²) in [6, 6.07) is 10.7.